The zero-order valence-electron chi connectivity index (χ0n) is 15.6. The maximum Gasteiger partial charge on any atom is 0.310 e. The molecule has 1 heterocycles. The molecule has 1 aromatic carbocycles. The SMILES string of the molecule is CCOC(=O)[C@H]1CCCN(C[C@H](O)COc2ccc(C(=O)CC)cc2)C1. The van der Waals surface area contributed by atoms with Gasteiger partial charge in [0.05, 0.1) is 12.5 Å². The van der Waals surface area contributed by atoms with Crippen LogP contribution in [0.5, 0.6) is 5.75 Å². The lowest BCUT2D eigenvalue weighted by atomic mass is 9.98. The first-order valence-corrected chi connectivity index (χ1v) is 9.36. The van der Waals surface area contributed by atoms with Crippen LogP contribution in [0.25, 0.3) is 0 Å². The number of rotatable bonds is 9. The minimum atomic E-state index is -0.645. The molecule has 0 saturated carbocycles. The van der Waals surface area contributed by atoms with Crippen molar-refractivity contribution in [3.8, 4) is 5.75 Å². The molecule has 6 nitrogen and oxygen atoms in total. The molecule has 1 aliphatic rings. The summed E-state index contributed by atoms with van der Waals surface area (Å²) in [5.74, 6) is 0.461. The summed E-state index contributed by atoms with van der Waals surface area (Å²) in [6.07, 6.45) is 1.59. The number of piperidine rings is 1. The number of hydrogen-bond acceptors (Lipinski definition) is 6. The third-order valence-corrected chi connectivity index (χ3v) is 4.53. The quantitative estimate of drug-likeness (QED) is 0.536. The molecule has 0 aliphatic carbocycles. The molecule has 0 amide bonds. The number of Topliss-reactive ketones (excluding diaryl/α,β-unsaturated/α-hetero) is 1. The molecule has 1 aromatic rings. The number of benzene rings is 1. The molecule has 0 aromatic heterocycles. The molecule has 1 saturated heterocycles. The van der Waals surface area contributed by atoms with Crippen molar-refractivity contribution in [2.24, 2.45) is 5.92 Å². The second-order valence-electron chi connectivity index (χ2n) is 6.62. The average Bonchev–Trinajstić information content (AvgIpc) is 2.66. The van der Waals surface area contributed by atoms with Crippen LogP contribution in [-0.4, -0.2) is 60.7 Å². The van der Waals surface area contributed by atoms with Gasteiger partial charge >= 0.3 is 5.97 Å². The van der Waals surface area contributed by atoms with Crippen LogP contribution in [0.15, 0.2) is 24.3 Å². The van der Waals surface area contributed by atoms with Crippen LogP contribution in [0.1, 0.15) is 43.5 Å². The van der Waals surface area contributed by atoms with Crippen molar-refractivity contribution in [2.75, 3.05) is 32.8 Å². The molecule has 2 atom stereocenters. The second-order valence-corrected chi connectivity index (χ2v) is 6.62. The molecular weight excluding hydrogens is 334 g/mol. The summed E-state index contributed by atoms with van der Waals surface area (Å²) in [4.78, 5) is 25.6. The average molecular weight is 363 g/mol. The standard InChI is InChI=1S/C20H29NO5/c1-3-19(23)15-7-9-18(10-8-15)26-14-17(22)13-21-11-5-6-16(12-21)20(24)25-4-2/h7-10,16-17,22H,3-6,11-14H2,1-2H3/t16-,17-/m0/s1. The predicted molar refractivity (Wildman–Crippen MR) is 98.4 cm³/mol. The second kappa shape index (κ2) is 10.3. The van der Waals surface area contributed by atoms with Crippen molar-refractivity contribution in [3.05, 3.63) is 29.8 Å². The summed E-state index contributed by atoms with van der Waals surface area (Å²) in [7, 11) is 0. The molecule has 0 bridgehead atoms. The first-order chi connectivity index (χ1) is 12.5. The van der Waals surface area contributed by atoms with E-state index in [1.54, 1.807) is 24.3 Å². The van der Waals surface area contributed by atoms with Crippen LogP contribution in [-0.2, 0) is 9.53 Å². The van der Waals surface area contributed by atoms with Gasteiger partial charge in [0.2, 0.25) is 0 Å². The van der Waals surface area contributed by atoms with Gasteiger partial charge in [-0.2, -0.15) is 0 Å². The van der Waals surface area contributed by atoms with Gasteiger partial charge in [0.1, 0.15) is 18.5 Å². The van der Waals surface area contributed by atoms with Crippen LogP contribution in [0.4, 0.5) is 0 Å². The Hall–Kier alpha value is -1.92. The number of carbonyl (C=O) groups is 2. The number of hydrogen-bond donors (Lipinski definition) is 1. The maximum absolute atomic E-state index is 11.9. The lowest BCUT2D eigenvalue weighted by molar-refractivity contribution is -0.150. The normalized spacial score (nSPS) is 19.0. The van der Waals surface area contributed by atoms with Crippen molar-refractivity contribution < 1.29 is 24.2 Å². The van der Waals surface area contributed by atoms with E-state index in [2.05, 4.69) is 4.90 Å². The van der Waals surface area contributed by atoms with E-state index in [1.807, 2.05) is 13.8 Å². The lowest BCUT2D eigenvalue weighted by Gasteiger charge is -2.32. The molecule has 6 heteroatoms. The summed E-state index contributed by atoms with van der Waals surface area (Å²) in [5, 5.41) is 10.2. The highest BCUT2D eigenvalue weighted by atomic mass is 16.5. The Morgan fingerprint density at radius 1 is 1.27 bits per heavy atom. The van der Waals surface area contributed by atoms with E-state index in [-0.39, 0.29) is 24.3 Å². The van der Waals surface area contributed by atoms with E-state index >= 15 is 0 Å². The van der Waals surface area contributed by atoms with Crippen molar-refractivity contribution in [1.29, 1.82) is 0 Å². The Bertz CT molecular complexity index is 586. The van der Waals surface area contributed by atoms with Crippen molar-refractivity contribution >= 4 is 11.8 Å². The van der Waals surface area contributed by atoms with E-state index < -0.39 is 6.10 Å². The van der Waals surface area contributed by atoms with Crippen LogP contribution < -0.4 is 4.74 Å². The number of aliphatic hydroxyl groups is 1. The molecular formula is C20H29NO5. The number of ether oxygens (including phenoxy) is 2. The molecule has 1 N–H and O–H groups in total. The Labute approximate surface area is 155 Å². The highest BCUT2D eigenvalue weighted by Gasteiger charge is 2.27. The van der Waals surface area contributed by atoms with E-state index in [9.17, 15) is 14.7 Å². The van der Waals surface area contributed by atoms with Gasteiger partial charge < -0.3 is 14.6 Å². The summed E-state index contributed by atoms with van der Waals surface area (Å²) in [6.45, 7) is 6.14. The number of esters is 1. The fourth-order valence-corrected chi connectivity index (χ4v) is 3.16. The van der Waals surface area contributed by atoms with E-state index in [4.69, 9.17) is 9.47 Å². The Morgan fingerprint density at radius 2 is 2.00 bits per heavy atom. The number of carbonyl (C=O) groups excluding carboxylic acids is 2. The van der Waals surface area contributed by atoms with Crippen molar-refractivity contribution in [2.45, 2.75) is 39.2 Å². The number of β-amino-alcohol motifs (C(OH)–C–C–N with tert-alkyl or cyclic N) is 1. The summed E-state index contributed by atoms with van der Waals surface area (Å²) >= 11 is 0. The largest absolute Gasteiger partial charge is 0.491 e. The number of aliphatic hydroxyl groups excluding tert-OH is 1. The Kier molecular flexibility index (Phi) is 8.06. The van der Waals surface area contributed by atoms with Crippen LogP contribution in [0, 0.1) is 5.92 Å². The van der Waals surface area contributed by atoms with Gasteiger partial charge in [-0.05, 0) is 50.6 Å². The molecule has 0 radical (unpaired) electrons. The van der Waals surface area contributed by atoms with Crippen LogP contribution >= 0.6 is 0 Å². The Morgan fingerprint density at radius 3 is 2.65 bits per heavy atom. The van der Waals surface area contributed by atoms with Gasteiger partial charge in [-0.25, -0.2) is 0 Å². The fraction of sp³-hybridized carbons (Fsp3) is 0.600. The minimum absolute atomic E-state index is 0.0952. The topological polar surface area (TPSA) is 76.1 Å². The minimum Gasteiger partial charge on any atom is -0.491 e. The zero-order chi connectivity index (χ0) is 18.9. The first-order valence-electron chi connectivity index (χ1n) is 9.36. The molecule has 0 unspecified atom stereocenters. The molecule has 144 valence electrons. The third-order valence-electron chi connectivity index (χ3n) is 4.53. The van der Waals surface area contributed by atoms with Gasteiger partial charge in [0, 0.05) is 25.1 Å². The number of likely N-dealkylation sites (tertiary alicyclic amines) is 1. The number of ketones is 1. The molecule has 0 spiro atoms. The van der Waals surface area contributed by atoms with E-state index in [1.165, 1.54) is 0 Å². The highest BCUT2D eigenvalue weighted by Crippen LogP contribution is 2.18. The summed E-state index contributed by atoms with van der Waals surface area (Å²) in [6, 6.07) is 6.96. The fourth-order valence-electron chi connectivity index (χ4n) is 3.16. The van der Waals surface area contributed by atoms with Crippen molar-refractivity contribution in [1.82, 2.24) is 4.90 Å². The van der Waals surface area contributed by atoms with Gasteiger partial charge in [-0.1, -0.05) is 6.92 Å². The number of nitrogens with zero attached hydrogens (tertiary/aromatic N) is 1. The summed E-state index contributed by atoms with van der Waals surface area (Å²) < 4.78 is 10.7. The van der Waals surface area contributed by atoms with Gasteiger partial charge in [-0.3, -0.25) is 14.5 Å². The smallest absolute Gasteiger partial charge is 0.310 e. The molecule has 2 rings (SSSR count). The van der Waals surface area contributed by atoms with Crippen LogP contribution in [0.2, 0.25) is 0 Å². The van der Waals surface area contributed by atoms with Crippen molar-refractivity contribution in [3.63, 3.8) is 0 Å². The monoisotopic (exact) mass is 363 g/mol. The van der Waals surface area contributed by atoms with Gasteiger partial charge in [0.25, 0.3) is 0 Å². The predicted octanol–water partition coefficient (Wildman–Crippen LogP) is 2.29. The lowest BCUT2D eigenvalue weighted by Crippen LogP contribution is -2.44. The maximum atomic E-state index is 11.9. The van der Waals surface area contributed by atoms with Gasteiger partial charge in [-0.15, -0.1) is 0 Å². The van der Waals surface area contributed by atoms with Crippen LogP contribution in [0.3, 0.4) is 0 Å². The Balaban J connectivity index is 1.76. The highest BCUT2D eigenvalue weighted by molar-refractivity contribution is 5.95. The molecule has 1 fully saturated rings. The van der Waals surface area contributed by atoms with E-state index in [0.717, 1.165) is 19.4 Å². The summed E-state index contributed by atoms with van der Waals surface area (Å²) in [5.41, 5.74) is 0.665. The zero-order valence-corrected chi connectivity index (χ0v) is 15.6. The molecule has 1 aliphatic heterocycles. The van der Waals surface area contributed by atoms with Gasteiger partial charge in [0.15, 0.2) is 5.78 Å². The van der Waals surface area contributed by atoms with E-state index in [0.29, 0.717) is 37.4 Å². The third kappa shape index (κ3) is 6.11. The first kappa shape index (κ1) is 20.4. The molecule has 26 heavy (non-hydrogen) atoms.